The molecule has 2 rings (SSSR count). The molecule has 2 N–H and O–H groups in total. The van der Waals surface area contributed by atoms with Gasteiger partial charge >= 0.3 is 0 Å². The smallest absolute Gasteiger partial charge is 0.191 e. The minimum atomic E-state index is 0.430. The first-order valence-electron chi connectivity index (χ1n) is 8.13. The van der Waals surface area contributed by atoms with Crippen LogP contribution in [0, 0.1) is 5.92 Å². The Morgan fingerprint density at radius 3 is 2.77 bits per heavy atom. The molecule has 1 saturated heterocycles. The van der Waals surface area contributed by atoms with Gasteiger partial charge in [0.2, 0.25) is 0 Å². The maximum atomic E-state index is 4.64. The third-order valence-corrected chi connectivity index (χ3v) is 4.22. The summed E-state index contributed by atoms with van der Waals surface area (Å²) in [5.41, 5.74) is 0. The van der Waals surface area contributed by atoms with Gasteiger partial charge in [0.15, 0.2) is 5.96 Å². The van der Waals surface area contributed by atoms with Gasteiger partial charge in [-0.1, -0.05) is 6.92 Å². The van der Waals surface area contributed by atoms with Crippen LogP contribution in [0.15, 0.2) is 11.3 Å². The molecule has 0 aliphatic carbocycles. The number of hydrogen-bond acceptors (Lipinski definition) is 4. The first-order valence-corrected chi connectivity index (χ1v) is 8.13. The molecule has 1 aliphatic heterocycles. The number of guanidine groups is 1. The van der Waals surface area contributed by atoms with Crippen LogP contribution in [0.5, 0.6) is 0 Å². The van der Waals surface area contributed by atoms with Crippen LogP contribution in [0.3, 0.4) is 0 Å². The number of aromatic nitrogens is 3. The minimum Gasteiger partial charge on any atom is -0.357 e. The van der Waals surface area contributed by atoms with Crippen molar-refractivity contribution in [1.29, 1.82) is 0 Å². The molecule has 7 heteroatoms. The largest absolute Gasteiger partial charge is 0.357 e. The maximum absolute atomic E-state index is 4.64. The van der Waals surface area contributed by atoms with E-state index < -0.39 is 0 Å². The fourth-order valence-electron chi connectivity index (χ4n) is 2.72. The molecule has 2 atom stereocenters. The van der Waals surface area contributed by atoms with Crippen molar-refractivity contribution >= 4 is 5.96 Å². The van der Waals surface area contributed by atoms with Crippen LogP contribution >= 0.6 is 0 Å². The number of aryl methyl sites for hydroxylation is 1. The summed E-state index contributed by atoms with van der Waals surface area (Å²) in [7, 11) is 1.89. The molecule has 7 nitrogen and oxygen atoms in total. The lowest BCUT2D eigenvalue weighted by molar-refractivity contribution is 0.265. The Labute approximate surface area is 133 Å². The zero-order valence-electron chi connectivity index (χ0n) is 14.4. The fourth-order valence-corrected chi connectivity index (χ4v) is 2.72. The van der Waals surface area contributed by atoms with Crippen molar-refractivity contribution in [3.05, 3.63) is 12.2 Å². The lowest BCUT2D eigenvalue weighted by atomic mass is 10.1. The second kappa shape index (κ2) is 7.58. The van der Waals surface area contributed by atoms with Crippen molar-refractivity contribution in [2.75, 3.05) is 19.6 Å². The predicted molar refractivity (Wildman–Crippen MR) is 88.6 cm³/mol. The van der Waals surface area contributed by atoms with Crippen LogP contribution in [0.25, 0.3) is 0 Å². The van der Waals surface area contributed by atoms with E-state index in [1.165, 1.54) is 0 Å². The molecule has 0 aromatic carbocycles. The first kappa shape index (κ1) is 16.7. The van der Waals surface area contributed by atoms with Gasteiger partial charge < -0.3 is 10.6 Å². The third kappa shape index (κ3) is 4.19. The van der Waals surface area contributed by atoms with Crippen LogP contribution < -0.4 is 10.6 Å². The zero-order valence-corrected chi connectivity index (χ0v) is 14.4. The summed E-state index contributed by atoms with van der Waals surface area (Å²) in [4.78, 5) is 11.4. The summed E-state index contributed by atoms with van der Waals surface area (Å²) in [6, 6.07) is 1.02. The molecule has 22 heavy (non-hydrogen) atoms. The second-order valence-corrected chi connectivity index (χ2v) is 6.27. The van der Waals surface area contributed by atoms with Crippen LogP contribution in [-0.2, 0) is 13.6 Å². The van der Waals surface area contributed by atoms with Crippen LogP contribution in [0.1, 0.15) is 33.5 Å². The Hall–Kier alpha value is -1.63. The number of hydrogen-bond donors (Lipinski definition) is 2. The SMILES string of the molecule is CCNC(=NCc1ncnn1C)NC1CN(C(C)C)CC1C. The summed E-state index contributed by atoms with van der Waals surface area (Å²) >= 11 is 0. The van der Waals surface area contributed by atoms with Crippen molar-refractivity contribution in [2.45, 2.75) is 46.3 Å². The second-order valence-electron chi connectivity index (χ2n) is 6.27. The number of aliphatic imine (C=N–C) groups is 1. The van der Waals surface area contributed by atoms with Gasteiger partial charge in [-0.15, -0.1) is 0 Å². The number of nitrogens with one attached hydrogen (secondary N) is 2. The van der Waals surface area contributed by atoms with Crippen molar-refractivity contribution in [2.24, 2.45) is 18.0 Å². The lowest BCUT2D eigenvalue weighted by Gasteiger charge is -2.21. The number of nitrogens with zero attached hydrogens (tertiary/aromatic N) is 5. The first-order chi connectivity index (χ1) is 10.5. The van der Waals surface area contributed by atoms with Crippen LogP contribution in [-0.4, -0.2) is 57.3 Å². The molecule has 2 unspecified atom stereocenters. The molecule has 1 aromatic heterocycles. The molecule has 2 heterocycles. The van der Waals surface area contributed by atoms with E-state index in [0.717, 1.165) is 31.4 Å². The zero-order chi connectivity index (χ0) is 16.1. The van der Waals surface area contributed by atoms with E-state index in [-0.39, 0.29) is 0 Å². The Kier molecular flexibility index (Phi) is 5.76. The molecular formula is C15H29N7. The summed E-state index contributed by atoms with van der Waals surface area (Å²) in [5, 5.41) is 11.0. The normalized spacial score (nSPS) is 23.3. The summed E-state index contributed by atoms with van der Waals surface area (Å²) in [6.45, 7) is 12.5. The number of rotatable bonds is 5. The standard InChI is InChI=1S/C15H29N7/c1-6-16-15(17-7-14-18-10-19-21(14)5)20-13-9-22(11(2)3)8-12(13)4/h10-13H,6-9H2,1-5H3,(H2,16,17,20). The van der Waals surface area contributed by atoms with Crippen molar-refractivity contribution in [1.82, 2.24) is 30.3 Å². The summed E-state index contributed by atoms with van der Waals surface area (Å²) < 4.78 is 1.76. The van der Waals surface area contributed by atoms with Gasteiger partial charge in [-0.05, 0) is 26.7 Å². The maximum Gasteiger partial charge on any atom is 0.191 e. The van der Waals surface area contributed by atoms with Gasteiger partial charge in [0.1, 0.15) is 18.7 Å². The van der Waals surface area contributed by atoms with Gasteiger partial charge in [-0.2, -0.15) is 5.10 Å². The quantitative estimate of drug-likeness (QED) is 0.616. The molecule has 0 radical (unpaired) electrons. The van der Waals surface area contributed by atoms with Gasteiger partial charge in [0, 0.05) is 38.8 Å². The Morgan fingerprint density at radius 1 is 1.45 bits per heavy atom. The highest BCUT2D eigenvalue weighted by molar-refractivity contribution is 5.80. The van der Waals surface area contributed by atoms with Crippen molar-refractivity contribution in [3.63, 3.8) is 0 Å². The van der Waals surface area contributed by atoms with E-state index in [1.807, 2.05) is 7.05 Å². The predicted octanol–water partition coefficient (Wildman–Crippen LogP) is 0.599. The molecule has 0 bridgehead atoms. The topological polar surface area (TPSA) is 70.4 Å². The van der Waals surface area contributed by atoms with Gasteiger partial charge in [-0.3, -0.25) is 9.58 Å². The highest BCUT2D eigenvalue weighted by Crippen LogP contribution is 2.18. The van der Waals surface area contributed by atoms with Crippen LogP contribution in [0.2, 0.25) is 0 Å². The average molecular weight is 307 g/mol. The Balaban J connectivity index is 1.98. The van der Waals surface area contributed by atoms with Crippen LogP contribution in [0.4, 0.5) is 0 Å². The van der Waals surface area contributed by atoms with E-state index in [9.17, 15) is 0 Å². The monoisotopic (exact) mass is 307 g/mol. The molecule has 1 aromatic rings. The fraction of sp³-hybridized carbons (Fsp3) is 0.800. The summed E-state index contributed by atoms with van der Waals surface area (Å²) in [6.07, 6.45) is 1.56. The average Bonchev–Trinajstić information content (AvgIpc) is 3.03. The summed E-state index contributed by atoms with van der Waals surface area (Å²) in [5.74, 6) is 2.33. The highest BCUT2D eigenvalue weighted by atomic mass is 15.3. The van der Waals surface area contributed by atoms with Gasteiger partial charge in [0.25, 0.3) is 0 Å². The Morgan fingerprint density at radius 2 is 2.23 bits per heavy atom. The van der Waals surface area contributed by atoms with E-state index in [1.54, 1.807) is 11.0 Å². The molecule has 0 spiro atoms. The lowest BCUT2D eigenvalue weighted by Crippen LogP contribution is -2.46. The molecule has 1 fully saturated rings. The number of likely N-dealkylation sites (tertiary alicyclic amines) is 1. The van der Waals surface area contributed by atoms with E-state index >= 15 is 0 Å². The molecule has 0 amide bonds. The molecular weight excluding hydrogens is 278 g/mol. The van der Waals surface area contributed by atoms with E-state index in [0.29, 0.717) is 24.5 Å². The van der Waals surface area contributed by atoms with Crippen molar-refractivity contribution < 1.29 is 0 Å². The molecule has 1 aliphatic rings. The van der Waals surface area contributed by atoms with Crippen molar-refractivity contribution in [3.8, 4) is 0 Å². The third-order valence-electron chi connectivity index (χ3n) is 4.22. The van der Waals surface area contributed by atoms with E-state index in [4.69, 9.17) is 0 Å². The van der Waals surface area contributed by atoms with Gasteiger partial charge in [0.05, 0.1) is 0 Å². The van der Waals surface area contributed by atoms with Gasteiger partial charge in [-0.25, -0.2) is 9.98 Å². The Bertz CT molecular complexity index is 494. The highest BCUT2D eigenvalue weighted by Gasteiger charge is 2.31. The minimum absolute atomic E-state index is 0.430. The molecule has 124 valence electrons. The molecule has 0 saturated carbocycles. The van der Waals surface area contributed by atoms with E-state index in [2.05, 4.69) is 58.3 Å².